The molecule has 0 saturated carbocycles. The van der Waals surface area contributed by atoms with E-state index in [1.807, 2.05) is 21.6 Å². The van der Waals surface area contributed by atoms with Gasteiger partial charge >= 0.3 is 5.97 Å². The summed E-state index contributed by atoms with van der Waals surface area (Å²) in [5.41, 5.74) is 0. The molecule has 0 spiro atoms. The third kappa shape index (κ3) is 7.62. The van der Waals surface area contributed by atoms with E-state index in [1.54, 1.807) is 6.92 Å². The fourth-order valence-corrected chi connectivity index (χ4v) is 6.64. The van der Waals surface area contributed by atoms with Crippen molar-refractivity contribution in [2.45, 2.75) is 48.6 Å². The Bertz CT molecular complexity index is 535. The number of esters is 1. The van der Waals surface area contributed by atoms with E-state index in [2.05, 4.69) is 15.5 Å². The molecule has 1 aromatic heterocycles. The lowest BCUT2D eigenvalue weighted by molar-refractivity contribution is -0.139. The summed E-state index contributed by atoms with van der Waals surface area (Å²) in [6.07, 6.45) is 4.98. The first-order chi connectivity index (χ1) is 11.7. The molecule has 10 heteroatoms. The van der Waals surface area contributed by atoms with Crippen LogP contribution in [0.2, 0.25) is 0 Å². The van der Waals surface area contributed by atoms with E-state index < -0.39 is 0 Å². The van der Waals surface area contributed by atoms with E-state index in [9.17, 15) is 9.59 Å². The lowest BCUT2D eigenvalue weighted by Gasteiger charge is -2.06. The van der Waals surface area contributed by atoms with Gasteiger partial charge in [0.15, 0.2) is 4.34 Å². The molecule has 2 heterocycles. The van der Waals surface area contributed by atoms with Gasteiger partial charge in [0.2, 0.25) is 11.0 Å². The summed E-state index contributed by atoms with van der Waals surface area (Å²) in [6, 6.07) is 0. The third-order valence-corrected chi connectivity index (χ3v) is 8.13. The standard InChI is InChI=1S/C14H21N3O3S4/c1-2-20-12(19)9-21-14-17-16-13(23-14)15-11(18)6-4-3-5-10-7-8-22-24-10/h10H,2-9H2,1H3,(H,15,16,18). The molecule has 1 saturated heterocycles. The number of ether oxygens (including phenoxy) is 1. The summed E-state index contributed by atoms with van der Waals surface area (Å²) in [6.45, 7) is 2.14. The Hall–Kier alpha value is -0.450. The minimum Gasteiger partial charge on any atom is -0.465 e. The van der Waals surface area contributed by atoms with E-state index in [0.29, 0.717) is 22.5 Å². The first kappa shape index (κ1) is 19.9. The maximum absolute atomic E-state index is 11.9. The van der Waals surface area contributed by atoms with E-state index in [-0.39, 0.29) is 17.6 Å². The van der Waals surface area contributed by atoms with Crippen molar-refractivity contribution in [3.8, 4) is 0 Å². The predicted molar refractivity (Wildman–Crippen MR) is 103 cm³/mol. The molecule has 1 atom stereocenters. The maximum Gasteiger partial charge on any atom is 0.316 e. The number of hydrogen-bond acceptors (Lipinski definition) is 9. The quantitative estimate of drug-likeness (QED) is 0.206. The molecule has 1 N–H and O–H groups in total. The van der Waals surface area contributed by atoms with Crippen LogP contribution in [0.4, 0.5) is 5.13 Å². The number of anilines is 1. The van der Waals surface area contributed by atoms with Gasteiger partial charge in [-0.1, -0.05) is 51.1 Å². The maximum atomic E-state index is 11.9. The summed E-state index contributed by atoms with van der Waals surface area (Å²) in [4.78, 5) is 23.2. The summed E-state index contributed by atoms with van der Waals surface area (Å²) in [5, 5.41) is 11.9. The fourth-order valence-electron chi connectivity index (χ4n) is 2.05. The number of amides is 1. The molecule has 1 aliphatic heterocycles. The highest BCUT2D eigenvalue weighted by molar-refractivity contribution is 8.77. The highest BCUT2D eigenvalue weighted by atomic mass is 33.1. The minimum atomic E-state index is -0.276. The van der Waals surface area contributed by atoms with Gasteiger partial charge in [-0.05, 0) is 26.2 Å². The van der Waals surface area contributed by atoms with Crippen molar-refractivity contribution in [1.29, 1.82) is 0 Å². The molecule has 2 rings (SSSR count). The van der Waals surface area contributed by atoms with Crippen molar-refractivity contribution in [1.82, 2.24) is 10.2 Å². The number of carbonyl (C=O) groups excluding carboxylic acids is 2. The monoisotopic (exact) mass is 407 g/mol. The van der Waals surface area contributed by atoms with Crippen LogP contribution in [-0.4, -0.2) is 45.4 Å². The number of rotatable bonds is 10. The van der Waals surface area contributed by atoms with Crippen molar-refractivity contribution in [2.24, 2.45) is 0 Å². The SMILES string of the molecule is CCOC(=O)CSc1nnc(NC(=O)CCCCC2CCSS2)s1. The number of nitrogens with one attached hydrogen (secondary N) is 1. The summed E-state index contributed by atoms with van der Waals surface area (Å²) in [7, 11) is 3.93. The van der Waals surface area contributed by atoms with E-state index in [4.69, 9.17) is 4.74 Å². The van der Waals surface area contributed by atoms with Crippen molar-refractivity contribution in [2.75, 3.05) is 23.4 Å². The molecule has 1 unspecified atom stereocenters. The zero-order valence-corrected chi connectivity index (χ0v) is 16.8. The summed E-state index contributed by atoms with van der Waals surface area (Å²) >= 11 is 2.54. The molecule has 0 radical (unpaired) electrons. The molecule has 1 amide bonds. The van der Waals surface area contributed by atoms with Crippen LogP contribution in [0.25, 0.3) is 0 Å². The van der Waals surface area contributed by atoms with Gasteiger partial charge in [0.1, 0.15) is 0 Å². The van der Waals surface area contributed by atoms with Crippen molar-refractivity contribution in [3.63, 3.8) is 0 Å². The van der Waals surface area contributed by atoms with Gasteiger partial charge in [-0.15, -0.1) is 10.2 Å². The number of nitrogens with zero attached hydrogens (tertiary/aromatic N) is 2. The molecule has 0 bridgehead atoms. The van der Waals surface area contributed by atoms with Crippen LogP contribution >= 0.6 is 44.7 Å². The van der Waals surface area contributed by atoms with Crippen LogP contribution in [0.1, 0.15) is 39.0 Å². The minimum absolute atomic E-state index is 0.0263. The molecular formula is C14H21N3O3S4. The predicted octanol–water partition coefficient (Wildman–Crippen LogP) is 3.85. The van der Waals surface area contributed by atoms with Gasteiger partial charge in [0, 0.05) is 17.4 Å². The lowest BCUT2D eigenvalue weighted by atomic mass is 10.1. The number of thioether (sulfide) groups is 1. The van der Waals surface area contributed by atoms with Crippen LogP contribution in [-0.2, 0) is 14.3 Å². The Labute approximate surface area is 158 Å². The molecule has 24 heavy (non-hydrogen) atoms. The molecule has 0 aliphatic carbocycles. The second kappa shape index (κ2) is 11.2. The van der Waals surface area contributed by atoms with Crippen LogP contribution < -0.4 is 5.32 Å². The van der Waals surface area contributed by atoms with Gasteiger partial charge in [-0.2, -0.15) is 0 Å². The zero-order valence-electron chi connectivity index (χ0n) is 13.5. The molecule has 6 nitrogen and oxygen atoms in total. The van der Waals surface area contributed by atoms with Crippen LogP contribution in [0, 0.1) is 0 Å². The van der Waals surface area contributed by atoms with E-state index in [0.717, 1.165) is 18.1 Å². The Morgan fingerprint density at radius 2 is 2.25 bits per heavy atom. The smallest absolute Gasteiger partial charge is 0.316 e. The van der Waals surface area contributed by atoms with Crippen molar-refractivity contribution < 1.29 is 14.3 Å². The summed E-state index contributed by atoms with van der Waals surface area (Å²) < 4.78 is 5.50. The van der Waals surface area contributed by atoms with E-state index >= 15 is 0 Å². The van der Waals surface area contributed by atoms with Crippen LogP contribution in [0.5, 0.6) is 0 Å². The number of carbonyl (C=O) groups is 2. The zero-order chi connectivity index (χ0) is 17.2. The van der Waals surface area contributed by atoms with Gasteiger partial charge in [-0.25, -0.2) is 0 Å². The number of hydrogen-bond donors (Lipinski definition) is 1. The Kier molecular flexibility index (Phi) is 9.29. The average Bonchev–Trinajstić information content (AvgIpc) is 3.22. The third-order valence-electron chi connectivity index (χ3n) is 3.18. The van der Waals surface area contributed by atoms with Crippen molar-refractivity contribution >= 4 is 61.7 Å². The van der Waals surface area contributed by atoms with Crippen LogP contribution in [0.15, 0.2) is 4.34 Å². The largest absolute Gasteiger partial charge is 0.465 e. The second-order valence-electron chi connectivity index (χ2n) is 5.09. The van der Waals surface area contributed by atoms with Gasteiger partial charge in [0.25, 0.3) is 0 Å². The Morgan fingerprint density at radius 3 is 3.00 bits per heavy atom. The first-order valence-electron chi connectivity index (χ1n) is 7.87. The number of aromatic nitrogens is 2. The Morgan fingerprint density at radius 1 is 1.38 bits per heavy atom. The highest BCUT2D eigenvalue weighted by Crippen LogP contribution is 2.39. The first-order valence-corrected chi connectivity index (χ1v) is 12.1. The number of unbranched alkanes of at least 4 members (excludes halogenated alkanes) is 1. The average molecular weight is 408 g/mol. The van der Waals surface area contributed by atoms with Crippen molar-refractivity contribution in [3.05, 3.63) is 0 Å². The van der Waals surface area contributed by atoms with Gasteiger partial charge in [0.05, 0.1) is 12.4 Å². The molecule has 1 fully saturated rings. The topological polar surface area (TPSA) is 81.2 Å². The lowest BCUT2D eigenvalue weighted by Crippen LogP contribution is -2.11. The van der Waals surface area contributed by atoms with Gasteiger partial charge in [-0.3, -0.25) is 9.59 Å². The molecule has 1 aromatic rings. The molecule has 134 valence electrons. The van der Waals surface area contributed by atoms with Crippen LogP contribution in [0.3, 0.4) is 0 Å². The normalized spacial score (nSPS) is 17.0. The summed E-state index contributed by atoms with van der Waals surface area (Å²) in [5.74, 6) is 1.15. The fraction of sp³-hybridized carbons (Fsp3) is 0.714. The molecule has 1 aliphatic rings. The highest BCUT2D eigenvalue weighted by Gasteiger charge is 2.16. The molecular weight excluding hydrogens is 386 g/mol. The second-order valence-corrected chi connectivity index (χ2v) is 10.1. The van der Waals surface area contributed by atoms with Gasteiger partial charge < -0.3 is 10.1 Å². The Balaban J connectivity index is 1.60. The molecule has 0 aromatic carbocycles. The van der Waals surface area contributed by atoms with E-state index in [1.165, 1.54) is 41.7 Å².